The van der Waals surface area contributed by atoms with E-state index in [2.05, 4.69) is 15.5 Å². The molecule has 0 saturated heterocycles. The average Bonchev–Trinajstić information content (AvgIpc) is 2.97. The fourth-order valence-electron chi connectivity index (χ4n) is 2.69. The number of carbonyl (C=O) groups is 1. The second kappa shape index (κ2) is 5.92. The summed E-state index contributed by atoms with van der Waals surface area (Å²) in [5, 5.41) is 14.0. The number of aryl methyl sites for hydroxylation is 1. The number of hydrogen-bond acceptors (Lipinski definition) is 4. The van der Waals surface area contributed by atoms with E-state index in [1.54, 1.807) is 0 Å². The standard InChI is InChI=1S/C12H20N4O3S/c1-8-11(20(13,18)19)10(16-15-8)12(17)14-7-6-9-4-2-3-5-9/h9H,2-7H2,1H3,(H,14,17)(H,15,16)(H2,13,18,19). The van der Waals surface area contributed by atoms with Crippen molar-refractivity contribution >= 4 is 15.9 Å². The molecule has 1 aromatic heterocycles. The normalized spacial score (nSPS) is 16.5. The molecule has 1 fully saturated rings. The Morgan fingerprint density at radius 2 is 2.10 bits per heavy atom. The summed E-state index contributed by atoms with van der Waals surface area (Å²) in [5.41, 5.74) is 0.116. The number of sulfonamides is 1. The number of aromatic nitrogens is 2. The Morgan fingerprint density at radius 1 is 1.45 bits per heavy atom. The molecule has 8 heteroatoms. The quantitative estimate of drug-likeness (QED) is 0.740. The first-order valence-corrected chi connectivity index (χ1v) is 8.30. The van der Waals surface area contributed by atoms with Gasteiger partial charge in [0.15, 0.2) is 5.69 Å². The largest absolute Gasteiger partial charge is 0.351 e. The first-order chi connectivity index (χ1) is 9.39. The van der Waals surface area contributed by atoms with Crippen molar-refractivity contribution in [2.24, 2.45) is 11.1 Å². The van der Waals surface area contributed by atoms with Gasteiger partial charge < -0.3 is 5.32 Å². The van der Waals surface area contributed by atoms with Crippen LogP contribution in [0.15, 0.2) is 4.90 Å². The van der Waals surface area contributed by atoms with Crippen molar-refractivity contribution in [2.45, 2.75) is 43.9 Å². The molecule has 0 bridgehead atoms. The van der Waals surface area contributed by atoms with Gasteiger partial charge in [0.1, 0.15) is 4.90 Å². The highest BCUT2D eigenvalue weighted by molar-refractivity contribution is 7.89. The maximum atomic E-state index is 12.0. The van der Waals surface area contributed by atoms with Crippen molar-refractivity contribution in [3.05, 3.63) is 11.4 Å². The highest BCUT2D eigenvalue weighted by Gasteiger charge is 2.25. The first-order valence-electron chi connectivity index (χ1n) is 6.75. The van der Waals surface area contributed by atoms with Crippen LogP contribution in [0.25, 0.3) is 0 Å². The highest BCUT2D eigenvalue weighted by Crippen LogP contribution is 2.27. The molecule has 0 spiro atoms. The zero-order chi connectivity index (χ0) is 14.8. The molecule has 1 heterocycles. The lowest BCUT2D eigenvalue weighted by Crippen LogP contribution is -2.28. The van der Waals surface area contributed by atoms with Gasteiger partial charge in [0, 0.05) is 6.54 Å². The average molecular weight is 300 g/mol. The molecule has 0 aromatic carbocycles. The molecule has 2 rings (SSSR count). The number of aromatic amines is 1. The van der Waals surface area contributed by atoms with Crippen molar-refractivity contribution in [3.63, 3.8) is 0 Å². The fraction of sp³-hybridized carbons (Fsp3) is 0.667. The number of nitrogens with one attached hydrogen (secondary N) is 2. The summed E-state index contributed by atoms with van der Waals surface area (Å²) >= 11 is 0. The maximum absolute atomic E-state index is 12.0. The van der Waals surface area contributed by atoms with Crippen LogP contribution >= 0.6 is 0 Å². The minimum Gasteiger partial charge on any atom is -0.351 e. The molecule has 0 unspecified atom stereocenters. The van der Waals surface area contributed by atoms with Crippen LogP contribution in [0.1, 0.15) is 48.3 Å². The molecule has 0 atom stereocenters. The fourth-order valence-corrected chi connectivity index (χ4v) is 3.57. The summed E-state index contributed by atoms with van der Waals surface area (Å²) in [5.74, 6) is 0.158. The number of hydrogen-bond donors (Lipinski definition) is 3. The van der Waals surface area contributed by atoms with E-state index < -0.39 is 15.9 Å². The predicted octanol–water partition coefficient (Wildman–Crippen LogP) is 0.676. The molecule has 112 valence electrons. The topological polar surface area (TPSA) is 118 Å². The van der Waals surface area contributed by atoms with Gasteiger partial charge in [-0.1, -0.05) is 25.7 Å². The second-order valence-electron chi connectivity index (χ2n) is 5.27. The third-order valence-electron chi connectivity index (χ3n) is 3.70. The van der Waals surface area contributed by atoms with Gasteiger partial charge in [0.25, 0.3) is 5.91 Å². The van der Waals surface area contributed by atoms with Crippen molar-refractivity contribution in [1.29, 1.82) is 0 Å². The summed E-state index contributed by atoms with van der Waals surface area (Å²) in [6.07, 6.45) is 5.85. The van der Waals surface area contributed by atoms with Gasteiger partial charge in [-0.3, -0.25) is 9.89 Å². The molecule has 0 aliphatic heterocycles. The Bertz CT molecular complexity index is 588. The molecule has 1 aliphatic rings. The van der Waals surface area contributed by atoms with Gasteiger partial charge in [-0.25, -0.2) is 13.6 Å². The third-order valence-corrected chi connectivity index (χ3v) is 4.77. The van der Waals surface area contributed by atoms with Crippen molar-refractivity contribution in [2.75, 3.05) is 6.54 Å². The van der Waals surface area contributed by atoms with E-state index >= 15 is 0 Å². The van der Waals surface area contributed by atoms with E-state index in [0.717, 1.165) is 6.42 Å². The van der Waals surface area contributed by atoms with Gasteiger partial charge in [-0.15, -0.1) is 0 Å². The number of carbonyl (C=O) groups excluding carboxylic acids is 1. The summed E-state index contributed by atoms with van der Waals surface area (Å²) in [4.78, 5) is 11.8. The Balaban J connectivity index is 1.99. The smallest absolute Gasteiger partial charge is 0.273 e. The number of rotatable bonds is 5. The number of nitrogens with zero attached hydrogens (tertiary/aromatic N) is 1. The van der Waals surface area contributed by atoms with Gasteiger partial charge >= 0.3 is 0 Å². The highest BCUT2D eigenvalue weighted by atomic mass is 32.2. The van der Waals surface area contributed by atoms with Crippen LogP contribution in [0, 0.1) is 12.8 Å². The lowest BCUT2D eigenvalue weighted by molar-refractivity contribution is 0.0943. The Hall–Kier alpha value is -1.41. The van der Waals surface area contributed by atoms with E-state index in [0.29, 0.717) is 12.5 Å². The number of nitrogens with two attached hydrogens (primary N) is 1. The Labute approximate surface area is 118 Å². The molecular formula is C12H20N4O3S. The van der Waals surface area contributed by atoms with Crippen LogP contribution in [-0.4, -0.2) is 31.1 Å². The summed E-state index contributed by atoms with van der Waals surface area (Å²) < 4.78 is 22.9. The van der Waals surface area contributed by atoms with Crippen LogP contribution in [0.5, 0.6) is 0 Å². The zero-order valence-electron chi connectivity index (χ0n) is 11.5. The summed E-state index contributed by atoms with van der Waals surface area (Å²) in [7, 11) is -3.96. The van der Waals surface area contributed by atoms with Gasteiger partial charge in [-0.05, 0) is 19.3 Å². The van der Waals surface area contributed by atoms with Gasteiger partial charge in [0.2, 0.25) is 10.0 Å². The van der Waals surface area contributed by atoms with E-state index in [1.165, 1.54) is 32.6 Å². The van der Waals surface area contributed by atoms with Crippen molar-refractivity contribution in [3.8, 4) is 0 Å². The number of amides is 1. The maximum Gasteiger partial charge on any atom is 0.273 e. The molecule has 1 saturated carbocycles. The van der Waals surface area contributed by atoms with Crippen LogP contribution in [-0.2, 0) is 10.0 Å². The van der Waals surface area contributed by atoms with E-state index in [-0.39, 0.29) is 16.3 Å². The van der Waals surface area contributed by atoms with Gasteiger partial charge in [0.05, 0.1) is 5.69 Å². The first kappa shape index (κ1) is 15.0. The molecule has 4 N–H and O–H groups in total. The van der Waals surface area contributed by atoms with Gasteiger partial charge in [-0.2, -0.15) is 5.10 Å². The van der Waals surface area contributed by atoms with Crippen molar-refractivity contribution < 1.29 is 13.2 Å². The molecule has 20 heavy (non-hydrogen) atoms. The van der Waals surface area contributed by atoms with Crippen LogP contribution in [0.3, 0.4) is 0 Å². The Kier molecular flexibility index (Phi) is 4.44. The monoisotopic (exact) mass is 300 g/mol. The second-order valence-corrected chi connectivity index (χ2v) is 6.76. The zero-order valence-corrected chi connectivity index (χ0v) is 12.3. The van der Waals surface area contributed by atoms with Crippen LogP contribution < -0.4 is 10.5 Å². The third kappa shape index (κ3) is 3.37. The molecule has 7 nitrogen and oxygen atoms in total. The van der Waals surface area contributed by atoms with Crippen LogP contribution in [0.4, 0.5) is 0 Å². The Morgan fingerprint density at radius 3 is 2.70 bits per heavy atom. The van der Waals surface area contributed by atoms with E-state index in [1.807, 2.05) is 0 Å². The minimum atomic E-state index is -3.96. The minimum absolute atomic E-state index is 0.156. The molecule has 1 amide bonds. The van der Waals surface area contributed by atoms with Crippen molar-refractivity contribution in [1.82, 2.24) is 15.5 Å². The lowest BCUT2D eigenvalue weighted by atomic mass is 10.0. The molecule has 0 radical (unpaired) electrons. The van der Waals surface area contributed by atoms with E-state index in [9.17, 15) is 13.2 Å². The van der Waals surface area contributed by atoms with E-state index in [4.69, 9.17) is 5.14 Å². The van der Waals surface area contributed by atoms with Crippen LogP contribution in [0.2, 0.25) is 0 Å². The molecule has 1 aromatic rings. The molecular weight excluding hydrogens is 280 g/mol. The lowest BCUT2D eigenvalue weighted by Gasteiger charge is -2.09. The summed E-state index contributed by atoms with van der Waals surface area (Å²) in [6.45, 7) is 2.04. The SMILES string of the molecule is Cc1[nH]nc(C(=O)NCCC2CCCC2)c1S(N)(=O)=O. The molecule has 1 aliphatic carbocycles. The summed E-state index contributed by atoms with van der Waals surface area (Å²) in [6, 6.07) is 0. The predicted molar refractivity (Wildman–Crippen MR) is 73.6 cm³/mol. The number of H-pyrrole nitrogens is 1. The number of primary sulfonamides is 1.